The van der Waals surface area contributed by atoms with Crippen molar-refractivity contribution in [3.63, 3.8) is 0 Å². The van der Waals surface area contributed by atoms with Crippen LogP contribution in [0.4, 0.5) is 4.79 Å². The Bertz CT molecular complexity index is 893. The lowest BCUT2D eigenvalue weighted by Crippen LogP contribution is -2.44. The average molecular weight is 529 g/mol. The van der Waals surface area contributed by atoms with Crippen LogP contribution in [0.25, 0.3) is 0 Å². The molecule has 194 valence electrons. The van der Waals surface area contributed by atoms with Crippen LogP contribution in [-0.4, -0.2) is 59.3 Å². The maximum absolute atomic E-state index is 11.9. The van der Waals surface area contributed by atoms with Gasteiger partial charge in [-0.15, -0.1) is 0 Å². The largest absolute Gasteiger partial charge is 0.480 e. The summed E-state index contributed by atoms with van der Waals surface area (Å²) in [6.45, 7) is 9.19. The van der Waals surface area contributed by atoms with Gasteiger partial charge in [0.05, 0.1) is 15.6 Å². The molecule has 2 aliphatic heterocycles. The molecule has 1 aromatic carbocycles. The van der Waals surface area contributed by atoms with Crippen LogP contribution in [0.3, 0.4) is 0 Å². The molecule has 4 amide bonds. The fourth-order valence-electron chi connectivity index (χ4n) is 2.81. The third-order valence-electron chi connectivity index (χ3n) is 4.28. The Kier molecular flexibility index (Phi) is 16.9. The summed E-state index contributed by atoms with van der Waals surface area (Å²) < 4.78 is 0. The molecular weight excluding hydrogens is 495 g/mol. The van der Waals surface area contributed by atoms with Gasteiger partial charge in [0.2, 0.25) is 5.91 Å². The number of aliphatic carboxylic acids is 1. The molecule has 0 radical (unpaired) electrons. The van der Waals surface area contributed by atoms with Gasteiger partial charge in [-0.2, -0.15) is 4.99 Å². The number of amidine groups is 1. The number of likely N-dealkylation sites (tertiary alicyclic amines) is 1. The first-order valence-electron chi connectivity index (χ1n) is 11.6. The van der Waals surface area contributed by atoms with Crippen molar-refractivity contribution >= 4 is 52.9 Å². The second kappa shape index (κ2) is 18.4. The van der Waals surface area contributed by atoms with Crippen LogP contribution in [0.15, 0.2) is 35.3 Å². The van der Waals surface area contributed by atoms with Crippen LogP contribution in [0.5, 0.6) is 0 Å². The van der Waals surface area contributed by atoms with Crippen molar-refractivity contribution < 1.29 is 24.3 Å². The van der Waals surface area contributed by atoms with Gasteiger partial charge in [-0.25, -0.2) is 4.79 Å². The molecule has 11 heteroatoms. The molecule has 2 heterocycles. The van der Waals surface area contributed by atoms with Gasteiger partial charge in [0.1, 0.15) is 12.4 Å². The highest BCUT2D eigenvalue weighted by Crippen LogP contribution is 2.25. The van der Waals surface area contributed by atoms with E-state index in [9.17, 15) is 19.2 Å². The van der Waals surface area contributed by atoms with E-state index in [2.05, 4.69) is 15.6 Å². The number of nitrogens with one attached hydrogen (secondary N) is 2. The first-order valence-corrected chi connectivity index (χ1v) is 12.3. The molecule has 0 unspecified atom stereocenters. The minimum Gasteiger partial charge on any atom is -0.480 e. The van der Waals surface area contributed by atoms with E-state index in [4.69, 9.17) is 28.3 Å². The standard InChI is InChI=1S/C12H8Cl2N2O2.C8H14N2O3.2C2H6/c13-7-3-1-4-8(14)11(7)12(18)16-9-5-2-6-10(17)15-9;11-7(12)6-9-8(13)10-4-2-1-3-5-10;2*1-2/h1-5H,6H2,(H,15,16,17,18);1-6H2,(H,9,13)(H,11,12);2*1-2H3. The highest BCUT2D eigenvalue weighted by atomic mass is 35.5. The number of hydrogen-bond donors (Lipinski definition) is 3. The predicted octanol–water partition coefficient (Wildman–Crippen LogP) is 4.93. The molecule has 0 aliphatic carbocycles. The Balaban J connectivity index is 0.000000602. The fourth-order valence-corrected chi connectivity index (χ4v) is 3.36. The second-order valence-electron chi connectivity index (χ2n) is 6.65. The zero-order valence-electron chi connectivity index (χ0n) is 20.6. The molecule has 0 saturated carbocycles. The van der Waals surface area contributed by atoms with Gasteiger partial charge >= 0.3 is 12.0 Å². The molecule has 0 spiro atoms. The van der Waals surface area contributed by atoms with Crippen molar-refractivity contribution in [2.75, 3.05) is 19.6 Å². The van der Waals surface area contributed by atoms with Gasteiger partial charge in [-0.05, 0) is 37.5 Å². The van der Waals surface area contributed by atoms with Crippen molar-refractivity contribution in [3.05, 3.63) is 46.0 Å². The Hall–Kier alpha value is -2.91. The third-order valence-corrected chi connectivity index (χ3v) is 4.91. The van der Waals surface area contributed by atoms with E-state index in [0.717, 1.165) is 32.4 Å². The molecular formula is C24H34Cl2N4O5. The zero-order valence-corrected chi connectivity index (χ0v) is 22.1. The topological polar surface area (TPSA) is 128 Å². The third kappa shape index (κ3) is 12.4. The van der Waals surface area contributed by atoms with E-state index in [1.165, 1.54) is 0 Å². The quantitative estimate of drug-likeness (QED) is 0.512. The molecule has 0 bridgehead atoms. The van der Waals surface area contributed by atoms with Crippen LogP contribution in [-0.2, 0) is 9.59 Å². The number of amides is 4. The number of benzene rings is 1. The van der Waals surface area contributed by atoms with Crippen molar-refractivity contribution in [2.45, 2.75) is 53.4 Å². The first kappa shape index (κ1) is 32.1. The van der Waals surface area contributed by atoms with E-state index >= 15 is 0 Å². The highest BCUT2D eigenvalue weighted by Gasteiger charge is 2.17. The normalized spacial score (nSPS) is 15.2. The van der Waals surface area contributed by atoms with Crippen molar-refractivity contribution in [2.24, 2.45) is 4.99 Å². The number of carboxylic acid groups (broad SMARTS) is 1. The van der Waals surface area contributed by atoms with Gasteiger partial charge in [0.25, 0.3) is 5.91 Å². The van der Waals surface area contributed by atoms with Gasteiger partial charge in [0, 0.05) is 19.5 Å². The van der Waals surface area contributed by atoms with Crippen LogP contribution < -0.4 is 10.6 Å². The minimum atomic E-state index is -1.01. The maximum atomic E-state index is 11.9. The molecule has 1 aromatic rings. The number of urea groups is 1. The molecule has 0 aromatic heterocycles. The van der Waals surface area contributed by atoms with Crippen molar-refractivity contribution in [1.82, 2.24) is 15.5 Å². The summed E-state index contributed by atoms with van der Waals surface area (Å²) in [6.07, 6.45) is 6.65. The Morgan fingerprint density at radius 3 is 2.14 bits per heavy atom. The maximum Gasteiger partial charge on any atom is 0.323 e. The Labute approximate surface area is 216 Å². The summed E-state index contributed by atoms with van der Waals surface area (Å²) in [6, 6.07) is 4.48. The number of carboxylic acids is 1. The molecule has 1 fully saturated rings. The molecule has 0 atom stereocenters. The summed E-state index contributed by atoms with van der Waals surface area (Å²) >= 11 is 11.8. The number of rotatable bonds is 3. The molecule has 3 rings (SSSR count). The smallest absolute Gasteiger partial charge is 0.323 e. The molecule has 2 aliphatic rings. The number of nitrogens with zero attached hydrogens (tertiary/aromatic N) is 2. The number of carbonyl (C=O) groups is 4. The lowest BCUT2D eigenvalue weighted by atomic mass is 10.1. The number of piperidine rings is 1. The first-order chi connectivity index (χ1) is 16.8. The molecule has 1 saturated heterocycles. The molecule has 9 nitrogen and oxygen atoms in total. The van der Waals surface area contributed by atoms with E-state index in [1.54, 1.807) is 35.3 Å². The summed E-state index contributed by atoms with van der Waals surface area (Å²) in [7, 11) is 0. The number of hydrogen-bond acceptors (Lipinski definition) is 4. The van der Waals surface area contributed by atoms with E-state index in [1.807, 2.05) is 27.7 Å². The van der Waals surface area contributed by atoms with Gasteiger partial charge < -0.3 is 20.6 Å². The van der Waals surface area contributed by atoms with E-state index in [-0.39, 0.29) is 46.3 Å². The van der Waals surface area contributed by atoms with E-state index in [0.29, 0.717) is 0 Å². The van der Waals surface area contributed by atoms with Crippen LogP contribution in [0.2, 0.25) is 10.0 Å². The zero-order chi connectivity index (χ0) is 26.8. The van der Waals surface area contributed by atoms with Crippen molar-refractivity contribution in [3.8, 4) is 0 Å². The van der Waals surface area contributed by atoms with Crippen molar-refractivity contribution in [1.29, 1.82) is 0 Å². The lowest BCUT2D eigenvalue weighted by molar-refractivity contribution is -0.135. The molecule has 35 heavy (non-hydrogen) atoms. The summed E-state index contributed by atoms with van der Waals surface area (Å²) in [5.41, 5.74) is 0.126. The van der Waals surface area contributed by atoms with Crippen LogP contribution in [0.1, 0.15) is 63.7 Å². The van der Waals surface area contributed by atoms with E-state index < -0.39 is 11.9 Å². The highest BCUT2D eigenvalue weighted by molar-refractivity contribution is 6.40. The SMILES string of the molecule is CC.CC.O=C(O)CNC(=O)N1CCCCC1.O=C1CC=CC(=NC(=O)c2c(Cl)cccc2Cl)N1. The number of halogens is 2. The van der Waals surface area contributed by atoms with Gasteiger partial charge in [-0.1, -0.05) is 63.0 Å². The minimum absolute atomic E-state index is 0.126. The Morgan fingerprint density at radius 1 is 1.06 bits per heavy atom. The number of aliphatic imine (C=N–C) groups is 1. The average Bonchev–Trinajstić information content (AvgIpc) is 2.86. The number of carbonyl (C=O) groups excluding carboxylic acids is 3. The predicted molar refractivity (Wildman–Crippen MR) is 139 cm³/mol. The summed E-state index contributed by atoms with van der Waals surface area (Å²) in [5, 5.41) is 13.6. The monoisotopic (exact) mass is 528 g/mol. The summed E-state index contributed by atoms with van der Waals surface area (Å²) in [5.74, 6) is -1.63. The second-order valence-corrected chi connectivity index (χ2v) is 7.47. The lowest BCUT2D eigenvalue weighted by Gasteiger charge is -2.26. The van der Waals surface area contributed by atoms with Crippen LogP contribution in [0, 0.1) is 0 Å². The van der Waals surface area contributed by atoms with Gasteiger partial charge in [0.15, 0.2) is 0 Å². The summed E-state index contributed by atoms with van der Waals surface area (Å²) in [4.78, 5) is 49.9. The van der Waals surface area contributed by atoms with Gasteiger partial charge in [-0.3, -0.25) is 14.4 Å². The van der Waals surface area contributed by atoms with Crippen LogP contribution >= 0.6 is 23.2 Å². The molecule has 3 N–H and O–H groups in total. The Morgan fingerprint density at radius 2 is 1.63 bits per heavy atom. The fraction of sp³-hybridized carbons (Fsp3) is 0.458.